The maximum absolute atomic E-state index is 6.01. The van der Waals surface area contributed by atoms with E-state index >= 15 is 0 Å². The van der Waals surface area contributed by atoms with Crippen molar-refractivity contribution >= 4 is 5.82 Å². The molecule has 2 unspecified atom stereocenters. The zero-order valence-electron chi connectivity index (χ0n) is 10.2. The lowest BCUT2D eigenvalue weighted by atomic mass is 9.98. The second kappa shape index (κ2) is 3.62. The Morgan fingerprint density at radius 3 is 2.71 bits per heavy atom. The molecule has 1 saturated carbocycles. The molecule has 0 spiro atoms. The number of hydrogen-bond acceptors (Lipinski definition) is 2. The fraction of sp³-hybridized carbons (Fsp3) is 0.357. The number of benzene rings is 1. The molecular weight excluding hydrogens is 210 g/mol. The molecule has 0 amide bonds. The number of H-pyrrole nitrogens is 1. The molecule has 88 valence electrons. The summed E-state index contributed by atoms with van der Waals surface area (Å²) in [7, 11) is 0. The molecule has 0 aliphatic heterocycles. The maximum Gasteiger partial charge on any atom is 0.153 e. The number of hydrogen-bond donors (Lipinski definition) is 2. The lowest BCUT2D eigenvalue weighted by molar-refractivity contribution is 0.873. The van der Waals surface area contributed by atoms with Crippen molar-refractivity contribution in [1.82, 2.24) is 10.2 Å². The van der Waals surface area contributed by atoms with Gasteiger partial charge in [0.2, 0.25) is 0 Å². The molecule has 1 aliphatic rings. The van der Waals surface area contributed by atoms with Gasteiger partial charge in [-0.2, -0.15) is 5.10 Å². The van der Waals surface area contributed by atoms with Gasteiger partial charge in [-0.25, -0.2) is 0 Å². The fourth-order valence-electron chi connectivity index (χ4n) is 2.50. The Morgan fingerprint density at radius 2 is 2.06 bits per heavy atom. The number of nitrogens with two attached hydrogens (primary N) is 1. The number of anilines is 1. The van der Waals surface area contributed by atoms with Gasteiger partial charge in [-0.05, 0) is 30.4 Å². The number of nitrogens with one attached hydrogen (secondary N) is 1. The molecule has 3 heteroatoms. The van der Waals surface area contributed by atoms with Crippen molar-refractivity contribution in [1.29, 1.82) is 0 Å². The van der Waals surface area contributed by atoms with E-state index in [0.717, 1.165) is 11.5 Å². The molecule has 0 radical (unpaired) electrons. The Hall–Kier alpha value is -1.77. The molecule has 1 aliphatic carbocycles. The van der Waals surface area contributed by atoms with E-state index in [4.69, 9.17) is 5.73 Å². The number of aryl methyl sites for hydroxylation is 1. The number of aromatic amines is 1. The van der Waals surface area contributed by atoms with Crippen molar-refractivity contribution in [3.05, 3.63) is 35.5 Å². The summed E-state index contributed by atoms with van der Waals surface area (Å²) in [6.45, 7) is 4.38. The molecule has 2 aromatic rings. The summed E-state index contributed by atoms with van der Waals surface area (Å²) in [5, 5.41) is 7.30. The highest BCUT2D eigenvalue weighted by molar-refractivity contribution is 5.79. The summed E-state index contributed by atoms with van der Waals surface area (Å²) in [6.07, 6.45) is 1.24. The first-order chi connectivity index (χ1) is 8.18. The van der Waals surface area contributed by atoms with Gasteiger partial charge in [0, 0.05) is 17.2 Å². The molecule has 3 nitrogen and oxygen atoms in total. The predicted molar refractivity (Wildman–Crippen MR) is 69.7 cm³/mol. The summed E-state index contributed by atoms with van der Waals surface area (Å²) >= 11 is 0. The Bertz CT molecular complexity index is 556. The first-order valence-electron chi connectivity index (χ1n) is 6.08. The van der Waals surface area contributed by atoms with E-state index in [1.165, 1.54) is 23.2 Å². The van der Waals surface area contributed by atoms with Gasteiger partial charge in [0.1, 0.15) is 0 Å². The van der Waals surface area contributed by atoms with Crippen LogP contribution in [0.15, 0.2) is 24.3 Å². The van der Waals surface area contributed by atoms with Crippen LogP contribution in [0.2, 0.25) is 0 Å². The minimum Gasteiger partial charge on any atom is -0.382 e. The zero-order chi connectivity index (χ0) is 12.0. The standard InChI is InChI=1S/C14H17N3/c1-8-5-3-4-6-10(8)12-13(11-7-9(11)2)16-17-14(12)15/h3-6,9,11H,7H2,1-2H3,(H3,15,16,17). The molecule has 0 bridgehead atoms. The van der Waals surface area contributed by atoms with Gasteiger partial charge in [-0.1, -0.05) is 31.2 Å². The Labute approximate surface area is 101 Å². The van der Waals surface area contributed by atoms with E-state index in [9.17, 15) is 0 Å². The van der Waals surface area contributed by atoms with Crippen LogP contribution in [0.1, 0.15) is 30.5 Å². The summed E-state index contributed by atoms with van der Waals surface area (Å²) in [6, 6.07) is 8.33. The van der Waals surface area contributed by atoms with E-state index in [2.05, 4.69) is 48.3 Å². The van der Waals surface area contributed by atoms with Crippen LogP contribution in [-0.4, -0.2) is 10.2 Å². The zero-order valence-corrected chi connectivity index (χ0v) is 10.2. The third-order valence-corrected chi connectivity index (χ3v) is 3.72. The lowest BCUT2D eigenvalue weighted by Crippen LogP contribution is -1.92. The van der Waals surface area contributed by atoms with Crippen molar-refractivity contribution in [3.8, 4) is 11.1 Å². The van der Waals surface area contributed by atoms with Crippen LogP contribution in [0.25, 0.3) is 11.1 Å². The van der Waals surface area contributed by atoms with Crippen molar-refractivity contribution in [3.63, 3.8) is 0 Å². The largest absolute Gasteiger partial charge is 0.382 e. The molecule has 2 atom stereocenters. The molecule has 1 aromatic carbocycles. The van der Waals surface area contributed by atoms with Crippen LogP contribution >= 0.6 is 0 Å². The van der Waals surface area contributed by atoms with Crippen LogP contribution in [-0.2, 0) is 0 Å². The third-order valence-electron chi connectivity index (χ3n) is 3.72. The highest BCUT2D eigenvalue weighted by Crippen LogP contribution is 2.50. The summed E-state index contributed by atoms with van der Waals surface area (Å²) in [5.41, 5.74) is 10.8. The Morgan fingerprint density at radius 1 is 1.35 bits per heavy atom. The molecule has 17 heavy (non-hydrogen) atoms. The van der Waals surface area contributed by atoms with E-state index in [0.29, 0.717) is 11.7 Å². The van der Waals surface area contributed by atoms with Gasteiger partial charge in [-0.3, -0.25) is 5.10 Å². The van der Waals surface area contributed by atoms with Crippen molar-refractivity contribution in [2.75, 3.05) is 5.73 Å². The van der Waals surface area contributed by atoms with E-state index in [1.54, 1.807) is 0 Å². The number of nitrogen functional groups attached to an aromatic ring is 1. The second-order valence-corrected chi connectivity index (χ2v) is 5.03. The van der Waals surface area contributed by atoms with Gasteiger partial charge in [0.05, 0.1) is 0 Å². The normalized spacial score (nSPS) is 22.7. The number of aromatic nitrogens is 2. The summed E-state index contributed by atoms with van der Waals surface area (Å²) in [4.78, 5) is 0. The molecule has 0 saturated heterocycles. The predicted octanol–water partition coefficient (Wildman–Crippen LogP) is 3.09. The number of nitrogens with zero attached hydrogens (tertiary/aromatic N) is 1. The van der Waals surface area contributed by atoms with Crippen LogP contribution in [0, 0.1) is 12.8 Å². The fourth-order valence-corrected chi connectivity index (χ4v) is 2.50. The maximum atomic E-state index is 6.01. The molecule has 1 aromatic heterocycles. The van der Waals surface area contributed by atoms with E-state index in [-0.39, 0.29) is 0 Å². The van der Waals surface area contributed by atoms with Crippen molar-refractivity contribution in [2.24, 2.45) is 5.92 Å². The van der Waals surface area contributed by atoms with E-state index in [1.807, 2.05) is 0 Å². The smallest absolute Gasteiger partial charge is 0.153 e. The molecule has 1 heterocycles. The summed E-state index contributed by atoms with van der Waals surface area (Å²) in [5.74, 6) is 1.97. The van der Waals surface area contributed by atoms with E-state index < -0.39 is 0 Å². The molecule has 3 N–H and O–H groups in total. The molecule has 1 fully saturated rings. The summed E-state index contributed by atoms with van der Waals surface area (Å²) < 4.78 is 0. The van der Waals surface area contributed by atoms with Crippen LogP contribution in [0.5, 0.6) is 0 Å². The quantitative estimate of drug-likeness (QED) is 0.828. The third kappa shape index (κ3) is 1.62. The minimum absolute atomic E-state index is 0.606. The minimum atomic E-state index is 0.606. The Balaban J connectivity index is 2.14. The average molecular weight is 227 g/mol. The first-order valence-corrected chi connectivity index (χ1v) is 6.08. The average Bonchev–Trinajstić information content (AvgIpc) is 2.90. The number of rotatable bonds is 2. The van der Waals surface area contributed by atoms with Crippen molar-refractivity contribution < 1.29 is 0 Å². The molecular formula is C14H17N3. The van der Waals surface area contributed by atoms with Crippen LogP contribution in [0.4, 0.5) is 5.82 Å². The highest BCUT2D eigenvalue weighted by Gasteiger charge is 2.38. The van der Waals surface area contributed by atoms with Gasteiger partial charge >= 0.3 is 0 Å². The van der Waals surface area contributed by atoms with Gasteiger partial charge in [0.25, 0.3) is 0 Å². The van der Waals surface area contributed by atoms with Crippen LogP contribution in [0.3, 0.4) is 0 Å². The van der Waals surface area contributed by atoms with Gasteiger partial charge in [0.15, 0.2) is 5.82 Å². The monoisotopic (exact) mass is 227 g/mol. The Kier molecular flexibility index (Phi) is 2.21. The lowest BCUT2D eigenvalue weighted by Gasteiger charge is -2.07. The second-order valence-electron chi connectivity index (χ2n) is 5.03. The van der Waals surface area contributed by atoms with Gasteiger partial charge in [-0.15, -0.1) is 0 Å². The van der Waals surface area contributed by atoms with Gasteiger partial charge < -0.3 is 5.73 Å². The van der Waals surface area contributed by atoms with Crippen LogP contribution < -0.4 is 5.73 Å². The van der Waals surface area contributed by atoms with Crippen molar-refractivity contribution in [2.45, 2.75) is 26.2 Å². The topological polar surface area (TPSA) is 54.7 Å². The molecule has 3 rings (SSSR count). The SMILES string of the molecule is Cc1ccccc1-c1c(N)n[nH]c1C1CC1C. The first kappa shape index (κ1) is 10.4. The highest BCUT2D eigenvalue weighted by atomic mass is 15.2.